The van der Waals surface area contributed by atoms with Crippen LogP contribution in [0.2, 0.25) is 5.02 Å². The Morgan fingerprint density at radius 3 is 2.41 bits per heavy atom. The molecule has 2 saturated heterocycles. The molecule has 3 fully saturated rings. The summed E-state index contributed by atoms with van der Waals surface area (Å²) >= 11 is 6.22. The van der Waals surface area contributed by atoms with E-state index in [0.717, 1.165) is 44.6 Å². The van der Waals surface area contributed by atoms with Gasteiger partial charge in [-0.2, -0.15) is 0 Å². The van der Waals surface area contributed by atoms with E-state index in [2.05, 4.69) is 10.2 Å². The molecule has 0 radical (unpaired) electrons. The number of aromatic hydroxyl groups is 1. The van der Waals surface area contributed by atoms with Gasteiger partial charge in [-0.05, 0) is 30.4 Å². The number of carbonyl (C=O) groups is 2. The number of anilines is 1. The molecule has 0 aromatic heterocycles. The number of rotatable bonds is 6. The van der Waals surface area contributed by atoms with Gasteiger partial charge in [-0.1, -0.05) is 18.5 Å². The first-order valence-corrected chi connectivity index (χ1v) is 10.9. The van der Waals surface area contributed by atoms with Gasteiger partial charge in [0, 0.05) is 62.8 Å². The van der Waals surface area contributed by atoms with Gasteiger partial charge in [-0.25, -0.2) is 0 Å². The lowest BCUT2D eigenvalue weighted by atomic mass is 10.1. The van der Waals surface area contributed by atoms with Gasteiger partial charge in [0.2, 0.25) is 11.8 Å². The Bertz CT molecular complexity index is 784. The molecule has 29 heavy (non-hydrogen) atoms. The van der Waals surface area contributed by atoms with Gasteiger partial charge in [0.1, 0.15) is 5.75 Å². The Labute approximate surface area is 176 Å². The molecule has 2 amide bonds. The Morgan fingerprint density at radius 1 is 1.10 bits per heavy atom. The second-order valence-corrected chi connectivity index (χ2v) is 8.65. The molecule has 0 spiro atoms. The number of phenols is 1. The SMILES string of the molecule is CCC(=O)N1CC(N2CCN(C(=O)CNc3cc(C4CC4)c(Cl)cc3O)CC2)C1. The van der Waals surface area contributed by atoms with E-state index in [0.29, 0.717) is 42.2 Å². The summed E-state index contributed by atoms with van der Waals surface area (Å²) in [7, 11) is 0. The van der Waals surface area contributed by atoms with Crippen molar-refractivity contribution in [2.45, 2.75) is 38.1 Å². The zero-order valence-corrected chi connectivity index (χ0v) is 17.6. The van der Waals surface area contributed by atoms with Gasteiger partial charge in [0.05, 0.1) is 12.2 Å². The number of piperazine rings is 1. The van der Waals surface area contributed by atoms with E-state index in [9.17, 15) is 14.7 Å². The van der Waals surface area contributed by atoms with Gasteiger partial charge < -0.3 is 20.2 Å². The van der Waals surface area contributed by atoms with Gasteiger partial charge in [0.25, 0.3) is 0 Å². The molecule has 1 aromatic rings. The largest absolute Gasteiger partial charge is 0.506 e. The van der Waals surface area contributed by atoms with Crippen molar-refractivity contribution in [3.8, 4) is 5.75 Å². The minimum absolute atomic E-state index is 0.0309. The van der Waals surface area contributed by atoms with E-state index in [1.54, 1.807) is 6.07 Å². The van der Waals surface area contributed by atoms with Crippen LogP contribution in [-0.4, -0.2) is 83.5 Å². The maximum atomic E-state index is 12.6. The topological polar surface area (TPSA) is 76.1 Å². The highest BCUT2D eigenvalue weighted by atomic mass is 35.5. The van der Waals surface area contributed by atoms with Crippen LogP contribution in [0, 0.1) is 0 Å². The van der Waals surface area contributed by atoms with Crippen molar-refractivity contribution in [1.82, 2.24) is 14.7 Å². The molecular formula is C21H29ClN4O3. The zero-order chi connectivity index (χ0) is 20.5. The first-order valence-electron chi connectivity index (χ1n) is 10.5. The number of nitrogens with zero attached hydrogens (tertiary/aromatic N) is 3. The molecule has 0 atom stereocenters. The average molecular weight is 421 g/mol. The molecule has 2 N–H and O–H groups in total. The van der Waals surface area contributed by atoms with E-state index in [1.807, 2.05) is 22.8 Å². The third-order valence-electron chi connectivity index (χ3n) is 6.26. The van der Waals surface area contributed by atoms with Crippen LogP contribution in [0.5, 0.6) is 5.75 Å². The second kappa shape index (κ2) is 8.40. The van der Waals surface area contributed by atoms with E-state index in [1.165, 1.54) is 0 Å². The first kappa shape index (κ1) is 20.3. The van der Waals surface area contributed by atoms with Crippen molar-refractivity contribution in [2.24, 2.45) is 0 Å². The van der Waals surface area contributed by atoms with E-state index in [-0.39, 0.29) is 24.1 Å². The fourth-order valence-electron chi connectivity index (χ4n) is 4.16. The van der Waals surface area contributed by atoms with Crippen LogP contribution in [0.3, 0.4) is 0 Å². The summed E-state index contributed by atoms with van der Waals surface area (Å²) in [5, 5.41) is 13.8. The van der Waals surface area contributed by atoms with E-state index in [4.69, 9.17) is 11.6 Å². The Kier molecular flexibility index (Phi) is 5.88. The normalized spacial score (nSPS) is 20.5. The third-order valence-corrected chi connectivity index (χ3v) is 6.59. The molecule has 1 saturated carbocycles. The van der Waals surface area contributed by atoms with Crippen molar-refractivity contribution in [1.29, 1.82) is 0 Å². The minimum Gasteiger partial charge on any atom is -0.506 e. The van der Waals surface area contributed by atoms with Gasteiger partial charge in [-0.3, -0.25) is 14.5 Å². The molecule has 3 aliphatic rings. The first-order chi connectivity index (χ1) is 14.0. The quantitative estimate of drug-likeness (QED) is 0.689. The highest BCUT2D eigenvalue weighted by molar-refractivity contribution is 6.31. The number of phenolic OH excluding ortho intramolecular Hbond substituents is 1. The van der Waals surface area contributed by atoms with Crippen LogP contribution in [0.4, 0.5) is 5.69 Å². The second-order valence-electron chi connectivity index (χ2n) is 8.24. The molecule has 0 unspecified atom stereocenters. The standard InChI is InChI=1S/C21H29ClN4O3/c1-2-20(28)26-12-15(13-26)24-5-7-25(8-6-24)21(29)11-23-18-9-16(14-3-4-14)17(22)10-19(18)27/h9-10,14-15,23,27H,2-8,11-13H2,1H3. The lowest BCUT2D eigenvalue weighted by molar-refractivity contribution is -0.139. The fourth-order valence-corrected chi connectivity index (χ4v) is 4.47. The smallest absolute Gasteiger partial charge is 0.241 e. The summed E-state index contributed by atoms with van der Waals surface area (Å²) in [6.07, 6.45) is 2.81. The number of carbonyl (C=O) groups excluding carboxylic acids is 2. The molecule has 4 rings (SSSR count). The summed E-state index contributed by atoms with van der Waals surface area (Å²) in [5.74, 6) is 0.801. The molecule has 2 aliphatic heterocycles. The molecule has 7 nitrogen and oxygen atoms in total. The predicted molar refractivity (Wildman–Crippen MR) is 112 cm³/mol. The number of halogens is 1. The average Bonchev–Trinajstić information content (AvgIpc) is 3.51. The number of likely N-dealkylation sites (tertiary alicyclic amines) is 1. The fraction of sp³-hybridized carbons (Fsp3) is 0.619. The number of benzene rings is 1. The summed E-state index contributed by atoms with van der Waals surface area (Å²) in [5.41, 5.74) is 1.61. The molecule has 2 heterocycles. The monoisotopic (exact) mass is 420 g/mol. The van der Waals surface area contributed by atoms with Crippen LogP contribution >= 0.6 is 11.6 Å². The van der Waals surface area contributed by atoms with Gasteiger partial charge in [0.15, 0.2) is 0 Å². The maximum Gasteiger partial charge on any atom is 0.241 e. The Balaban J connectivity index is 1.24. The Morgan fingerprint density at radius 2 is 1.79 bits per heavy atom. The van der Waals surface area contributed by atoms with Crippen molar-refractivity contribution >= 4 is 29.1 Å². The summed E-state index contributed by atoms with van der Waals surface area (Å²) in [6.45, 7) is 6.72. The van der Waals surface area contributed by atoms with Crippen LogP contribution in [-0.2, 0) is 9.59 Å². The number of hydrogen-bond acceptors (Lipinski definition) is 5. The number of amides is 2. The maximum absolute atomic E-state index is 12.6. The molecule has 1 aliphatic carbocycles. The van der Waals surface area contributed by atoms with Crippen molar-refractivity contribution < 1.29 is 14.7 Å². The molecular weight excluding hydrogens is 392 g/mol. The highest BCUT2D eigenvalue weighted by Gasteiger charge is 2.36. The van der Waals surface area contributed by atoms with Crippen molar-refractivity contribution in [3.05, 3.63) is 22.7 Å². The molecule has 158 valence electrons. The molecule has 0 bridgehead atoms. The summed E-state index contributed by atoms with van der Waals surface area (Å²) in [4.78, 5) is 30.4. The minimum atomic E-state index is 0.0309. The van der Waals surface area contributed by atoms with E-state index >= 15 is 0 Å². The Hall–Kier alpha value is -1.99. The number of nitrogens with one attached hydrogen (secondary N) is 1. The summed E-state index contributed by atoms with van der Waals surface area (Å²) < 4.78 is 0. The van der Waals surface area contributed by atoms with Crippen molar-refractivity contribution in [2.75, 3.05) is 51.1 Å². The van der Waals surface area contributed by atoms with Crippen LogP contribution in [0.15, 0.2) is 12.1 Å². The number of hydrogen-bond donors (Lipinski definition) is 2. The van der Waals surface area contributed by atoms with Crippen LogP contribution < -0.4 is 5.32 Å². The van der Waals surface area contributed by atoms with Gasteiger partial charge in [-0.15, -0.1) is 0 Å². The van der Waals surface area contributed by atoms with Gasteiger partial charge >= 0.3 is 0 Å². The molecule has 8 heteroatoms. The summed E-state index contributed by atoms with van der Waals surface area (Å²) in [6, 6.07) is 3.86. The predicted octanol–water partition coefficient (Wildman–Crippen LogP) is 2.10. The lowest BCUT2D eigenvalue weighted by Crippen LogP contribution is -2.64. The van der Waals surface area contributed by atoms with Crippen molar-refractivity contribution in [3.63, 3.8) is 0 Å². The zero-order valence-electron chi connectivity index (χ0n) is 16.9. The van der Waals surface area contributed by atoms with Crippen LogP contribution in [0.25, 0.3) is 0 Å². The third kappa shape index (κ3) is 4.46. The lowest BCUT2D eigenvalue weighted by Gasteiger charge is -2.48. The van der Waals surface area contributed by atoms with E-state index < -0.39 is 0 Å². The highest BCUT2D eigenvalue weighted by Crippen LogP contribution is 2.45. The molecule has 1 aromatic carbocycles. The van der Waals surface area contributed by atoms with Crippen LogP contribution in [0.1, 0.15) is 37.7 Å².